The van der Waals surface area contributed by atoms with Crippen LogP contribution in [-0.4, -0.2) is 59.7 Å². The molecule has 6 heteroatoms. The monoisotopic (exact) mass is 365 g/mol. The highest BCUT2D eigenvalue weighted by Crippen LogP contribution is 2.28. The van der Waals surface area contributed by atoms with E-state index in [1.807, 2.05) is 0 Å². The molecular weight excluding hydrogens is 338 g/mol. The smallest absolute Gasteiger partial charge is 0.179 e. The predicted octanol–water partition coefficient (Wildman–Crippen LogP) is 3.28. The second kappa shape index (κ2) is 7.96. The number of rotatable bonds is 6. The normalized spacial score (nSPS) is 16.6. The van der Waals surface area contributed by atoms with Crippen LogP contribution >= 0.6 is 0 Å². The summed E-state index contributed by atoms with van der Waals surface area (Å²) >= 11 is 0. The lowest BCUT2D eigenvalue weighted by Crippen LogP contribution is -2.47. The average Bonchev–Trinajstić information content (AvgIpc) is 3.17. The minimum absolute atomic E-state index is 0.543. The van der Waals surface area contributed by atoms with Crippen molar-refractivity contribution >= 4 is 16.7 Å². The van der Waals surface area contributed by atoms with Crippen molar-refractivity contribution in [1.29, 1.82) is 0 Å². The molecular formula is C21H27N5O. The highest BCUT2D eigenvalue weighted by atomic mass is 16.5. The summed E-state index contributed by atoms with van der Waals surface area (Å²) in [5, 5.41) is 1.35. The van der Waals surface area contributed by atoms with Crippen molar-refractivity contribution in [3.63, 3.8) is 0 Å². The van der Waals surface area contributed by atoms with Crippen LogP contribution in [-0.2, 0) is 0 Å². The van der Waals surface area contributed by atoms with Crippen LogP contribution in [0, 0.1) is 0 Å². The van der Waals surface area contributed by atoms with Gasteiger partial charge >= 0.3 is 0 Å². The number of methoxy groups -OCH3 is 1. The lowest BCUT2D eigenvalue weighted by atomic mass is 9.97. The van der Waals surface area contributed by atoms with Gasteiger partial charge in [-0.3, -0.25) is 4.90 Å². The Morgan fingerprint density at radius 1 is 1.19 bits per heavy atom. The van der Waals surface area contributed by atoms with Gasteiger partial charge in [-0.2, -0.15) is 0 Å². The first-order chi connectivity index (χ1) is 13.3. The molecule has 0 radical (unpaired) electrons. The van der Waals surface area contributed by atoms with E-state index in [1.165, 1.54) is 22.9 Å². The molecule has 142 valence electrons. The van der Waals surface area contributed by atoms with Crippen LogP contribution in [0.1, 0.15) is 24.8 Å². The van der Waals surface area contributed by atoms with Gasteiger partial charge in [-0.15, -0.1) is 0 Å². The van der Waals surface area contributed by atoms with E-state index >= 15 is 0 Å². The third kappa shape index (κ3) is 3.76. The maximum Gasteiger partial charge on any atom is 0.179 e. The fourth-order valence-corrected chi connectivity index (χ4v) is 3.91. The molecule has 1 aliphatic heterocycles. The van der Waals surface area contributed by atoms with E-state index in [2.05, 4.69) is 62.1 Å². The molecule has 1 N–H and O–H groups in total. The van der Waals surface area contributed by atoms with Gasteiger partial charge in [0, 0.05) is 43.3 Å². The molecule has 4 rings (SSSR count). The summed E-state index contributed by atoms with van der Waals surface area (Å²) in [5.74, 6) is 2.19. The first-order valence-electron chi connectivity index (χ1n) is 9.63. The van der Waals surface area contributed by atoms with E-state index in [0.717, 1.165) is 44.3 Å². The van der Waals surface area contributed by atoms with Crippen molar-refractivity contribution in [2.24, 2.45) is 0 Å². The Bertz CT molecular complexity index is 885. The van der Waals surface area contributed by atoms with Gasteiger partial charge in [-0.05, 0) is 30.5 Å². The van der Waals surface area contributed by atoms with Crippen LogP contribution in [0.3, 0.4) is 0 Å². The Morgan fingerprint density at radius 3 is 2.81 bits per heavy atom. The summed E-state index contributed by atoms with van der Waals surface area (Å²) in [4.78, 5) is 16.7. The number of aromatic nitrogens is 3. The molecule has 1 unspecified atom stereocenters. The lowest BCUT2D eigenvalue weighted by Gasteiger charge is -2.36. The Hall–Kier alpha value is -2.60. The maximum absolute atomic E-state index is 5.40. The largest absolute Gasteiger partial charge is 0.491 e. The van der Waals surface area contributed by atoms with Gasteiger partial charge in [0.25, 0.3) is 0 Å². The molecule has 1 atom stereocenters. The van der Waals surface area contributed by atoms with E-state index < -0.39 is 0 Å². The summed E-state index contributed by atoms with van der Waals surface area (Å²) in [6, 6.07) is 8.56. The molecule has 1 fully saturated rings. The fourth-order valence-electron chi connectivity index (χ4n) is 3.91. The molecule has 3 aromatic rings. The quantitative estimate of drug-likeness (QED) is 0.726. The van der Waals surface area contributed by atoms with Crippen LogP contribution in [0.2, 0.25) is 0 Å². The highest BCUT2D eigenvalue weighted by molar-refractivity contribution is 5.83. The summed E-state index contributed by atoms with van der Waals surface area (Å²) in [7, 11) is 1.67. The van der Waals surface area contributed by atoms with E-state index in [0.29, 0.717) is 5.92 Å². The van der Waals surface area contributed by atoms with Gasteiger partial charge in [-0.25, -0.2) is 9.97 Å². The van der Waals surface area contributed by atoms with Gasteiger partial charge in [-0.1, -0.05) is 25.1 Å². The third-order valence-corrected chi connectivity index (χ3v) is 5.58. The zero-order valence-electron chi connectivity index (χ0n) is 16.1. The molecule has 0 amide bonds. The minimum atomic E-state index is 0.543. The van der Waals surface area contributed by atoms with Gasteiger partial charge in [0.05, 0.1) is 13.3 Å². The molecule has 1 saturated heterocycles. The summed E-state index contributed by atoms with van der Waals surface area (Å²) < 4.78 is 5.40. The number of aromatic amines is 1. The summed E-state index contributed by atoms with van der Waals surface area (Å²) in [5.41, 5.74) is 2.65. The number of para-hydroxylation sites is 1. The number of anilines is 1. The maximum atomic E-state index is 5.40. The summed E-state index contributed by atoms with van der Waals surface area (Å²) in [6.07, 6.45) is 6.66. The second-order valence-corrected chi connectivity index (χ2v) is 7.22. The van der Waals surface area contributed by atoms with Gasteiger partial charge < -0.3 is 14.6 Å². The van der Waals surface area contributed by atoms with E-state index in [9.17, 15) is 0 Å². The van der Waals surface area contributed by atoms with Crippen LogP contribution in [0.15, 0.2) is 43.0 Å². The first-order valence-corrected chi connectivity index (χ1v) is 9.63. The number of piperazine rings is 1. The Morgan fingerprint density at radius 2 is 2.00 bits per heavy atom. The number of fused-ring (bicyclic) bond motifs is 1. The van der Waals surface area contributed by atoms with Crippen molar-refractivity contribution in [1.82, 2.24) is 19.9 Å². The fraction of sp³-hybridized carbons (Fsp3) is 0.429. The minimum Gasteiger partial charge on any atom is -0.491 e. The Kier molecular flexibility index (Phi) is 5.25. The molecule has 0 aliphatic carbocycles. The third-order valence-electron chi connectivity index (χ3n) is 5.58. The van der Waals surface area contributed by atoms with Gasteiger partial charge in [0.2, 0.25) is 0 Å². The standard InChI is InChI=1S/C21H27N5O/c1-16(18-13-23-19-6-4-3-5-17(18)19)7-8-25-9-11-26(12-10-25)21-20(27-2)14-22-15-24-21/h3-6,13-16,23H,7-12H2,1-2H3. The number of nitrogens with one attached hydrogen (secondary N) is 1. The van der Waals surface area contributed by atoms with Crippen molar-refractivity contribution in [2.75, 3.05) is 44.7 Å². The van der Waals surface area contributed by atoms with Gasteiger partial charge in [0.1, 0.15) is 6.33 Å². The Labute approximate surface area is 160 Å². The number of H-pyrrole nitrogens is 1. The van der Waals surface area contributed by atoms with Crippen LogP contribution in [0.25, 0.3) is 10.9 Å². The predicted molar refractivity (Wildman–Crippen MR) is 109 cm³/mol. The van der Waals surface area contributed by atoms with Crippen molar-refractivity contribution in [3.05, 3.63) is 48.5 Å². The number of ether oxygens (including phenoxy) is 1. The van der Waals surface area contributed by atoms with Crippen LogP contribution < -0.4 is 9.64 Å². The first kappa shape index (κ1) is 17.8. The van der Waals surface area contributed by atoms with Crippen molar-refractivity contribution in [3.8, 4) is 5.75 Å². The van der Waals surface area contributed by atoms with Crippen LogP contribution in [0.5, 0.6) is 5.75 Å². The number of benzene rings is 1. The zero-order valence-corrected chi connectivity index (χ0v) is 16.1. The topological polar surface area (TPSA) is 57.3 Å². The number of nitrogens with zero attached hydrogens (tertiary/aromatic N) is 4. The molecule has 0 spiro atoms. The zero-order chi connectivity index (χ0) is 18.6. The van der Waals surface area contributed by atoms with E-state index in [4.69, 9.17) is 4.74 Å². The molecule has 1 aromatic carbocycles. The van der Waals surface area contributed by atoms with Crippen molar-refractivity contribution in [2.45, 2.75) is 19.3 Å². The van der Waals surface area contributed by atoms with Gasteiger partial charge in [0.15, 0.2) is 11.6 Å². The lowest BCUT2D eigenvalue weighted by molar-refractivity contribution is 0.248. The van der Waals surface area contributed by atoms with Crippen LogP contribution in [0.4, 0.5) is 5.82 Å². The SMILES string of the molecule is COc1cncnc1N1CCN(CCC(C)c2c[nH]c3ccccc23)CC1. The number of hydrogen-bond acceptors (Lipinski definition) is 5. The van der Waals surface area contributed by atoms with E-state index in [1.54, 1.807) is 19.6 Å². The average molecular weight is 365 g/mol. The molecule has 3 heterocycles. The highest BCUT2D eigenvalue weighted by Gasteiger charge is 2.21. The van der Waals surface area contributed by atoms with Crippen molar-refractivity contribution < 1.29 is 4.74 Å². The summed E-state index contributed by atoms with van der Waals surface area (Å²) in [6.45, 7) is 7.48. The Balaban J connectivity index is 1.32. The molecule has 1 aliphatic rings. The molecule has 6 nitrogen and oxygen atoms in total. The molecule has 2 aromatic heterocycles. The molecule has 0 saturated carbocycles. The molecule has 0 bridgehead atoms. The second-order valence-electron chi connectivity index (χ2n) is 7.22. The van der Waals surface area contributed by atoms with E-state index in [-0.39, 0.29) is 0 Å². The number of hydrogen-bond donors (Lipinski definition) is 1. The molecule has 27 heavy (non-hydrogen) atoms.